The third-order valence-electron chi connectivity index (χ3n) is 2.57. The Labute approximate surface area is 98.5 Å². The van der Waals surface area contributed by atoms with Gasteiger partial charge in [-0.15, -0.1) is 0 Å². The lowest BCUT2D eigenvalue weighted by Gasteiger charge is -2.11. The third-order valence-corrected chi connectivity index (χ3v) is 2.57. The van der Waals surface area contributed by atoms with E-state index in [1.54, 1.807) is 19.1 Å². The zero-order valence-electron chi connectivity index (χ0n) is 9.61. The van der Waals surface area contributed by atoms with E-state index in [0.29, 0.717) is 11.3 Å². The van der Waals surface area contributed by atoms with Gasteiger partial charge in [-0.1, -0.05) is 12.1 Å². The van der Waals surface area contributed by atoms with Crippen LogP contribution in [0.25, 0.3) is 0 Å². The minimum atomic E-state index is -1.05. The van der Waals surface area contributed by atoms with Crippen LogP contribution in [-0.2, 0) is 0 Å². The van der Waals surface area contributed by atoms with Crippen molar-refractivity contribution in [3.8, 4) is 5.75 Å². The molecule has 3 nitrogen and oxygen atoms in total. The van der Waals surface area contributed by atoms with E-state index in [1.807, 2.05) is 0 Å². The highest BCUT2D eigenvalue weighted by Gasteiger charge is 2.19. The molecule has 2 rings (SSSR count). The van der Waals surface area contributed by atoms with Crippen LogP contribution in [0.1, 0.15) is 23.0 Å². The van der Waals surface area contributed by atoms with Crippen LogP contribution in [0, 0.1) is 12.7 Å². The van der Waals surface area contributed by atoms with Gasteiger partial charge < -0.3 is 14.3 Å². The zero-order chi connectivity index (χ0) is 12.4. The van der Waals surface area contributed by atoms with Crippen LogP contribution < -0.4 is 4.74 Å². The Morgan fingerprint density at radius 2 is 2.18 bits per heavy atom. The molecule has 1 aromatic heterocycles. The summed E-state index contributed by atoms with van der Waals surface area (Å²) in [4.78, 5) is 0. The molecule has 0 radical (unpaired) electrons. The molecule has 0 fully saturated rings. The summed E-state index contributed by atoms with van der Waals surface area (Å²) >= 11 is 0. The van der Waals surface area contributed by atoms with Crippen molar-refractivity contribution in [2.24, 2.45) is 0 Å². The molecule has 1 aromatic carbocycles. The number of ether oxygens (including phenoxy) is 1. The second-order valence-corrected chi connectivity index (χ2v) is 3.76. The number of methoxy groups -OCH3 is 1. The maximum Gasteiger partial charge on any atom is 0.171 e. The van der Waals surface area contributed by atoms with Gasteiger partial charge in [-0.05, 0) is 19.1 Å². The van der Waals surface area contributed by atoms with Gasteiger partial charge >= 0.3 is 0 Å². The Balaban J connectivity index is 2.40. The molecule has 1 heterocycles. The van der Waals surface area contributed by atoms with E-state index in [2.05, 4.69) is 0 Å². The quantitative estimate of drug-likeness (QED) is 0.891. The zero-order valence-corrected chi connectivity index (χ0v) is 9.61. The number of rotatable bonds is 3. The maximum atomic E-state index is 13.9. The van der Waals surface area contributed by atoms with Crippen LogP contribution in [0.15, 0.2) is 34.9 Å². The molecule has 0 bridgehead atoms. The monoisotopic (exact) mass is 236 g/mol. The Kier molecular flexibility index (Phi) is 3.15. The first kappa shape index (κ1) is 11.7. The van der Waals surface area contributed by atoms with Crippen LogP contribution in [0.2, 0.25) is 0 Å². The third kappa shape index (κ3) is 2.17. The average Bonchev–Trinajstić information content (AvgIpc) is 2.75. The number of benzene rings is 1. The normalized spacial score (nSPS) is 12.5. The summed E-state index contributed by atoms with van der Waals surface area (Å²) in [6, 6.07) is 6.33. The van der Waals surface area contributed by atoms with Crippen molar-refractivity contribution >= 4 is 0 Å². The van der Waals surface area contributed by atoms with E-state index in [9.17, 15) is 9.50 Å². The van der Waals surface area contributed by atoms with E-state index in [1.165, 1.54) is 25.5 Å². The predicted octanol–water partition coefficient (Wildman–Crippen LogP) is 2.82. The van der Waals surface area contributed by atoms with E-state index in [0.717, 1.165) is 0 Å². The molecule has 0 saturated carbocycles. The van der Waals surface area contributed by atoms with Gasteiger partial charge in [0.05, 0.1) is 13.4 Å². The van der Waals surface area contributed by atoms with E-state index >= 15 is 0 Å². The maximum absolute atomic E-state index is 13.9. The summed E-state index contributed by atoms with van der Waals surface area (Å²) in [6.07, 6.45) is 0.362. The van der Waals surface area contributed by atoms with Crippen molar-refractivity contribution in [3.05, 3.63) is 53.2 Å². The SMILES string of the molecule is COc1cccc(C(O)c2coc(C)c2)c1F. The molecular weight excluding hydrogens is 223 g/mol. The number of hydrogen-bond donors (Lipinski definition) is 1. The fourth-order valence-corrected chi connectivity index (χ4v) is 1.68. The summed E-state index contributed by atoms with van der Waals surface area (Å²) in [5, 5.41) is 10.1. The number of halogens is 1. The topological polar surface area (TPSA) is 42.6 Å². The van der Waals surface area contributed by atoms with Gasteiger partial charge in [-0.3, -0.25) is 0 Å². The van der Waals surface area contributed by atoms with E-state index in [-0.39, 0.29) is 11.3 Å². The lowest BCUT2D eigenvalue weighted by atomic mass is 10.0. The summed E-state index contributed by atoms with van der Waals surface area (Å²) in [5.74, 6) is 0.227. The van der Waals surface area contributed by atoms with Gasteiger partial charge in [0.1, 0.15) is 11.9 Å². The molecule has 90 valence electrons. The predicted molar refractivity (Wildman–Crippen MR) is 60.5 cm³/mol. The van der Waals surface area contributed by atoms with E-state index < -0.39 is 11.9 Å². The first-order chi connectivity index (χ1) is 8.13. The fraction of sp³-hybridized carbons (Fsp3) is 0.231. The number of furan rings is 1. The van der Waals surface area contributed by atoms with Crippen molar-refractivity contribution in [2.75, 3.05) is 7.11 Å². The molecule has 1 unspecified atom stereocenters. The standard InChI is InChI=1S/C13H13FO3/c1-8-6-9(7-17-8)13(15)10-4-3-5-11(16-2)12(10)14/h3-7,13,15H,1-2H3. The highest BCUT2D eigenvalue weighted by molar-refractivity contribution is 5.36. The molecular formula is C13H13FO3. The van der Waals surface area contributed by atoms with Crippen molar-refractivity contribution in [2.45, 2.75) is 13.0 Å². The molecule has 0 aliphatic carbocycles. The Morgan fingerprint density at radius 1 is 1.41 bits per heavy atom. The van der Waals surface area contributed by atoms with Gasteiger partial charge in [-0.2, -0.15) is 0 Å². The molecule has 1 N–H and O–H groups in total. The summed E-state index contributed by atoms with van der Waals surface area (Å²) in [5.41, 5.74) is 0.694. The molecule has 0 amide bonds. The van der Waals surface area contributed by atoms with Gasteiger partial charge in [0.2, 0.25) is 0 Å². The molecule has 0 saturated heterocycles. The Bertz CT molecular complexity index is 519. The Hall–Kier alpha value is -1.81. The average molecular weight is 236 g/mol. The fourth-order valence-electron chi connectivity index (χ4n) is 1.68. The van der Waals surface area contributed by atoms with Crippen molar-refractivity contribution in [1.29, 1.82) is 0 Å². The first-order valence-electron chi connectivity index (χ1n) is 5.19. The Morgan fingerprint density at radius 3 is 2.76 bits per heavy atom. The lowest BCUT2D eigenvalue weighted by molar-refractivity contribution is 0.212. The van der Waals surface area contributed by atoms with Crippen LogP contribution in [-0.4, -0.2) is 12.2 Å². The van der Waals surface area contributed by atoms with Gasteiger partial charge in [0.25, 0.3) is 0 Å². The highest BCUT2D eigenvalue weighted by atomic mass is 19.1. The van der Waals surface area contributed by atoms with Crippen molar-refractivity contribution in [1.82, 2.24) is 0 Å². The number of hydrogen-bond acceptors (Lipinski definition) is 3. The van der Waals surface area contributed by atoms with Crippen LogP contribution >= 0.6 is 0 Å². The number of aliphatic hydroxyl groups is 1. The smallest absolute Gasteiger partial charge is 0.171 e. The molecule has 4 heteroatoms. The van der Waals surface area contributed by atoms with Crippen LogP contribution in [0.5, 0.6) is 5.75 Å². The lowest BCUT2D eigenvalue weighted by Crippen LogP contribution is -2.02. The number of aliphatic hydroxyl groups excluding tert-OH is 1. The summed E-state index contributed by atoms with van der Waals surface area (Å²) in [6.45, 7) is 1.76. The second-order valence-electron chi connectivity index (χ2n) is 3.76. The highest BCUT2D eigenvalue weighted by Crippen LogP contribution is 2.29. The summed E-state index contributed by atoms with van der Waals surface area (Å²) in [7, 11) is 1.39. The number of aryl methyl sites for hydroxylation is 1. The second kappa shape index (κ2) is 4.59. The van der Waals surface area contributed by atoms with Crippen LogP contribution in [0.4, 0.5) is 4.39 Å². The minimum Gasteiger partial charge on any atom is -0.494 e. The van der Waals surface area contributed by atoms with Crippen LogP contribution in [0.3, 0.4) is 0 Å². The van der Waals surface area contributed by atoms with Gasteiger partial charge in [0, 0.05) is 11.1 Å². The first-order valence-corrected chi connectivity index (χ1v) is 5.19. The van der Waals surface area contributed by atoms with E-state index in [4.69, 9.17) is 9.15 Å². The summed E-state index contributed by atoms with van der Waals surface area (Å²) < 4.78 is 23.9. The molecule has 0 aliphatic rings. The largest absolute Gasteiger partial charge is 0.494 e. The molecule has 2 aromatic rings. The van der Waals surface area contributed by atoms with Gasteiger partial charge in [-0.25, -0.2) is 4.39 Å². The van der Waals surface area contributed by atoms with Crippen molar-refractivity contribution in [3.63, 3.8) is 0 Å². The van der Waals surface area contributed by atoms with Crippen molar-refractivity contribution < 1.29 is 18.7 Å². The molecule has 1 atom stereocenters. The molecule has 0 spiro atoms. The minimum absolute atomic E-state index is 0.113. The molecule has 0 aliphatic heterocycles. The van der Waals surface area contributed by atoms with Gasteiger partial charge in [0.15, 0.2) is 11.6 Å². The molecule has 17 heavy (non-hydrogen) atoms.